The summed E-state index contributed by atoms with van der Waals surface area (Å²) in [5.74, 6) is 0. The van der Waals surface area contributed by atoms with E-state index in [2.05, 4.69) is 56.8 Å². The van der Waals surface area contributed by atoms with Gasteiger partial charge in [0.05, 0.1) is 5.69 Å². The standard InChI is InChI=1S/C21H28BN3O2/c1-13-10-16-17(21(4,5)9-8-20(16,2)3)11-15(13)19(25-23)18-7-6-14(12-24-18)22(26)27/h6-7,10-12,19,23,26-27H,8-9H2,1-5H3. The summed E-state index contributed by atoms with van der Waals surface area (Å²) in [5.41, 5.74) is 13.8. The monoisotopic (exact) mass is 365 g/mol. The van der Waals surface area contributed by atoms with E-state index >= 15 is 0 Å². The van der Waals surface area contributed by atoms with Crippen LogP contribution in [0.25, 0.3) is 0 Å². The molecule has 142 valence electrons. The summed E-state index contributed by atoms with van der Waals surface area (Å²) in [4.78, 5) is 4.33. The molecule has 0 fully saturated rings. The second-order valence-electron chi connectivity index (χ2n) is 8.94. The fourth-order valence-corrected chi connectivity index (χ4v) is 4.06. The molecule has 1 aliphatic rings. The number of nitrogens with one attached hydrogen (secondary N) is 1. The first kappa shape index (κ1) is 19.7. The number of nitrogens with zero attached hydrogens (tertiary/aromatic N) is 2. The Morgan fingerprint density at radius 3 is 2.15 bits per heavy atom. The van der Waals surface area contributed by atoms with Gasteiger partial charge in [0, 0.05) is 11.7 Å². The number of aromatic nitrogens is 1. The first-order valence-electron chi connectivity index (χ1n) is 9.41. The smallest absolute Gasteiger partial charge is 0.423 e. The highest BCUT2D eigenvalue weighted by atomic mass is 16.4. The first-order valence-corrected chi connectivity index (χ1v) is 9.41. The van der Waals surface area contributed by atoms with Crippen molar-refractivity contribution in [1.29, 1.82) is 5.53 Å². The van der Waals surface area contributed by atoms with Crippen molar-refractivity contribution in [2.24, 2.45) is 5.11 Å². The summed E-state index contributed by atoms with van der Waals surface area (Å²) in [6.07, 6.45) is 3.71. The molecule has 27 heavy (non-hydrogen) atoms. The zero-order valence-electron chi connectivity index (χ0n) is 16.7. The maximum atomic E-state index is 9.27. The van der Waals surface area contributed by atoms with E-state index in [1.807, 2.05) is 0 Å². The van der Waals surface area contributed by atoms with Gasteiger partial charge in [-0.15, -0.1) is 0 Å². The minimum atomic E-state index is -1.55. The lowest BCUT2D eigenvalue weighted by atomic mass is 9.62. The molecule has 0 saturated heterocycles. The normalized spacial score (nSPS) is 18.5. The number of aryl methyl sites for hydroxylation is 1. The predicted molar refractivity (Wildman–Crippen MR) is 108 cm³/mol. The minimum Gasteiger partial charge on any atom is -0.423 e. The number of benzene rings is 1. The molecule has 1 aliphatic carbocycles. The maximum absolute atomic E-state index is 9.27. The van der Waals surface area contributed by atoms with Crippen LogP contribution in [0.5, 0.6) is 0 Å². The summed E-state index contributed by atoms with van der Waals surface area (Å²) in [6.45, 7) is 11.2. The van der Waals surface area contributed by atoms with Crippen molar-refractivity contribution in [1.82, 2.24) is 4.98 Å². The summed E-state index contributed by atoms with van der Waals surface area (Å²) in [7, 11) is -1.55. The Kier molecular flexibility index (Phi) is 4.99. The van der Waals surface area contributed by atoms with Crippen LogP contribution in [0.3, 0.4) is 0 Å². The van der Waals surface area contributed by atoms with Gasteiger partial charge in [-0.1, -0.05) is 45.9 Å². The van der Waals surface area contributed by atoms with E-state index in [1.54, 1.807) is 12.1 Å². The van der Waals surface area contributed by atoms with E-state index in [0.717, 1.165) is 24.0 Å². The molecule has 0 amide bonds. The molecule has 2 aromatic rings. The molecule has 0 radical (unpaired) electrons. The second-order valence-corrected chi connectivity index (χ2v) is 8.94. The molecular weight excluding hydrogens is 337 g/mol. The van der Waals surface area contributed by atoms with E-state index in [-0.39, 0.29) is 10.8 Å². The molecule has 1 aromatic carbocycles. The van der Waals surface area contributed by atoms with Gasteiger partial charge in [0.25, 0.3) is 0 Å². The van der Waals surface area contributed by atoms with Crippen molar-refractivity contribution in [3.05, 3.63) is 58.4 Å². The van der Waals surface area contributed by atoms with Gasteiger partial charge in [-0.3, -0.25) is 4.98 Å². The number of rotatable bonds is 4. The van der Waals surface area contributed by atoms with Crippen molar-refractivity contribution in [2.45, 2.75) is 64.3 Å². The summed E-state index contributed by atoms with van der Waals surface area (Å²) >= 11 is 0. The van der Waals surface area contributed by atoms with E-state index < -0.39 is 13.2 Å². The van der Waals surface area contributed by atoms with Gasteiger partial charge in [0.1, 0.15) is 6.04 Å². The van der Waals surface area contributed by atoms with Crippen LogP contribution in [0.1, 0.15) is 74.5 Å². The van der Waals surface area contributed by atoms with Gasteiger partial charge in [-0.25, -0.2) is 5.53 Å². The highest BCUT2D eigenvalue weighted by Crippen LogP contribution is 2.47. The third-order valence-corrected chi connectivity index (χ3v) is 6.05. The van der Waals surface area contributed by atoms with Gasteiger partial charge in [-0.05, 0) is 58.9 Å². The van der Waals surface area contributed by atoms with Crippen molar-refractivity contribution >= 4 is 12.6 Å². The number of hydrogen-bond acceptors (Lipinski definition) is 5. The third-order valence-electron chi connectivity index (χ3n) is 6.05. The van der Waals surface area contributed by atoms with Crippen LogP contribution in [0.4, 0.5) is 0 Å². The summed E-state index contributed by atoms with van der Waals surface area (Å²) in [5, 5.41) is 22.4. The Labute approximate surface area is 161 Å². The van der Waals surface area contributed by atoms with Crippen LogP contribution in [0.15, 0.2) is 35.6 Å². The van der Waals surface area contributed by atoms with Gasteiger partial charge in [0.15, 0.2) is 0 Å². The van der Waals surface area contributed by atoms with Crippen molar-refractivity contribution in [3.8, 4) is 0 Å². The zero-order chi connectivity index (χ0) is 20.0. The molecule has 0 bridgehead atoms. The third kappa shape index (κ3) is 3.56. The fraction of sp³-hybridized carbons (Fsp3) is 0.476. The minimum absolute atomic E-state index is 0.0815. The highest BCUT2D eigenvalue weighted by molar-refractivity contribution is 6.58. The lowest BCUT2D eigenvalue weighted by molar-refractivity contribution is 0.331. The Balaban J connectivity index is 2.11. The Morgan fingerprint density at radius 1 is 1.07 bits per heavy atom. The number of fused-ring (bicyclic) bond motifs is 1. The molecular formula is C21H28BN3O2. The molecule has 6 heteroatoms. The van der Waals surface area contributed by atoms with Gasteiger partial charge in [0.2, 0.25) is 0 Å². The van der Waals surface area contributed by atoms with Gasteiger partial charge in [-0.2, -0.15) is 5.11 Å². The topological polar surface area (TPSA) is 89.6 Å². The molecule has 0 aliphatic heterocycles. The average Bonchev–Trinajstić information content (AvgIpc) is 2.61. The highest BCUT2D eigenvalue weighted by Gasteiger charge is 2.38. The predicted octanol–water partition coefficient (Wildman–Crippen LogP) is 3.54. The van der Waals surface area contributed by atoms with Crippen LogP contribution >= 0.6 is 0 Å². The van der Waals surface area contributed by atoms with E-state index in [0.29, 0.717) is 11.2 Å². The van der Waals surface area contributed by atoms with E-state index in [9.17, 15) is 10.0 Å². The SMILES string of the molecule is Cc1cc2c(cc1C(N=N)c1ccc(B(O)O)cn1)C(C)(C)CCC2(C)C. The summed E-state index contributed by atoms with van der Waals surface area (Å²) in [6, 6.07) is 7.30. The zero-order valence-corrected chi connectivity index (χ0v) is 16.7. The Bertz CT molecular complexity index is 860. The van der Waals surface area contributed by atoms with E-state index in [1.165, 1.54) is 17.3 Å². The Hall–Kier alpha value is -2.05. The first-order chi connectivity index (χ1) is 12.6. The lowest BCUT2D eigenvalue weighted by Gasteiger charge is -2.42. The van der Waals surface area contributed by atoms with Crippen LogP contribution < -0.4 is 5.46 Å². The van der Waals surface area contributed by atoms with Crippen LogP contribution in [0, 0.1) is 12.5 Å². The second kappa shape index (κ2) is 6.84. The Morgan fingerprint density at radius 2 is 1.67 bits per heavy atom. The van der Waals surface area contributed by atoms with Crippen LogP contribution in [-0.4, -0.2) is 22.2 Å². The molecule has 3 rings (SSSR count). The molecule has 3 N–H and O–H groups in total. The molecule has 1 aromatic heterocycles. The van der Waals surface area contributed by atoms with Crippen molar-refractivity contribution in [2.75, 3.05) is 0 Å². The fourth-order valence-electron chi connectivity index (χ4n) is 4.06. The summed E-state index contributed by atoms with van der Waals surface area (Å²) < 4.78 is 0. The largest absolute Gasteiger partial charge is 0.490 e. The van der Waals surface area contributed by atoms with E-state index in [4.69, 9.17) is 5.53 Å². The van der Waals surface area contributed by atoms with Crippen LogP contribution in [-0.2, 0) is 10.8 Å². The lowest BCUT2D eigenvalue weighted by Crippen LogP contribution is -2.34. The number of pyridine rings is 1. The van der Waals surface area contributed by atoms with Crippen molar-refractivity contribution in [3.63, 3.8) is 0 Å². The molecule has 1 heterocycles. The van der Waals surface area contributed by atoms with Crippen LogP contribution in [0.2, 0.25) is 0 Å². The maximum Gasteiger partial charge on any atom is 0.490 e. The van der Waals surface area contributed by atoms with Gasteiger partial charge >= 0.3 is 7.12 Å². The van der Waals surface area contributed by atoms with Gasteiger partial charge < -0.3 is 10.0 Å². The van der Waals surface area contributed by atoms with Crippen molar-refractivity contribution < 1.29 is 10.0 Å². The molecule has 0 saturated carbocycles. The molecule has 1 atom stereocenters. The average molecular weight is 365 g/mol. The quantitative estimate of drug-likeness (QED) is 0.572. The number of hydrogen-bond donors (Lipinski definition) is 3. The molecule has 5 nitrogen and oxygen atoms in total. The molecule has 1 unspecified atom stereocenters. The molecule has 0 spiro atoms.